The Bertz CT molecular complexity index is 1190. The van der Waals surface area contributed by atoms with Crippen molar-refractivity contribution < 1.29 is 13.2 Å². The van der Waals surface area contributed by atoms with Crippen molar-refractivity contribution in [2.75, 3.05) is 25.5 Å². The molecule has 170 valence electrons. The molecule has 2 aromatic heterocycles. The highest BCUT2D eigenvalue weighted by Gasteiger charge is 2.31. The first kappa shape index (κ1) is 22.3. The lowest BCUT2D eigenvalue weighted by Gasteiger charge is -2.30. The minimum Gasteiger partial charge on any atom is -0.363 e. The lowest BCUT2D eigenvalue weighted by Crippen LogP contribution is -2.34. The average Bonchev–Trinajstić information content (AvgIpc) is 2.76. The van der Waals surface area contributed by atoms with Gasteiger partial charge in [0.2, 0.25) is 0 Å². The number of likely N-dealkylation sites (N-methyl/N-ethyl adjacent to an activating group) is 1. The second kappa shape index (κ2) is 8.54. The van der Waals surface area contributed by atoms with E-state index in [-0.39, 0.29) is 11.5 Å². The number of aromatic nitrogens is 3. The molecule has 0 amide bonds. The number of benzene rings is 1. The molecule has 32 heavy (non-hydrogen) atoms. The molecule has 0 radical (unpaired) electrons. The van der Waals surface area contributed by atoms with E-state index in [9.17, 15) is 18.0 Å². The fourth-order valence-corrected chi connectivity index (χ4v) is 4.39. The predicted molar refractivity (Wildman–Crippen MR) is 118 cm³/mol. The zero-order valence-electron chi connectivity index (χ0n) is 18.3. The molecule has 0 bridgehead atoms. The van der Waals surface area contributed by atoms with E-state index in [4.69, 9.17) is 0 Å². The lowest BCUT2D eigenvalue weighted by molar-refractivity contribution is -0.137. The van der Waals surface area contributed by atoms with Gasteiger partial charge in [0, 0.05) is 31.1 Å². The molecule has 0 unspecified atom stereocenters. The summed E-state index contributed by atoms with van der Waals surface area (Å²) in [5.41, 5.74) is 0.925. The number of alkyl halides is 3. The zero-order valence-corrected chi connectivity index (χ0v) is 18.3. The van der Waals surface area contributed by atoms with Crippen LogP contribution in [-0.4, -0.2) is 39.6 Å². The van der Waals surface area contributed by atoms with Crippen LogP contribution in [0.15, 0.2) is 41.5 Å². The molecule has 0 saturated carbocycles. The smallest absolute Gasteiger partial charge is 0.363 e. The minimum atomic E-state index is -4.41. The van der Waals surface area contributed by atoms with Gasteiger partial charge in [-0.15, -0.1) is 0 Å². The molecule has 2 atom stereocenters. The van der Waals surface area contributed by atoms with Gasteiger partial charge in [0.05, 0.1) is 10.9 Å². The van der Waals surface area contributed by atoms with Crippen molar-refractivity contribution >= 4 is 16.9 Å². The first-order chi connectivity index (χ1) is 15.1. The number of fused-ring (bicyclic) bond motifs is 1. The Morgan fingerprint density at radius 3 is 2.69 bits per heavy atom. The molecular formula is C23H26F3N5O. The summed E-state index contributed by atoms with van der Waals surface area (Å²) in [6, 6.07) is 6.66. The van der Waals surface area contributed by atoms with Crippen LogP contribution in [0.2, 0.25) is 0 Å². The number of pyridine rings is 1. The molecule has 3 aromatic rings. The van der Waals surface area contributed by atoms with E-state index in [1.807, 2.05) is 13.1 Å². The van der Waals surface area contributed by atoms with E-state index in [0.29, 0.717) is 22.4 Å². The molecule has 1 aliphatic rings. The SMILES string of the molecule is C[C@@H](Nc1ncnc2c1cc([C@H]1CCCN(C)C1)c(=O)n2C)c1cccc(C(F)(F)F)c1. The topological polar surface area (TPSA) is 63.1 Å². The van der Waals surface area contributed by atoms with Gasteiger partial charge in [-0.2, -0.15) is 13.2 Å². The Morgan fingerprint density at radius 1 is 1.19 bits per heavy atom. The van der Waals surface area contributed by atoms with E-state index < -0.39 is 17.8 Å². The van der Waals surface area contributed by atoms with Crippen LogP contribution in [-0.2, 0) is 13.2 Å². The molecule has 9 heteroatoms. The van der Waals surface area contributed by atoms with Gasteiger partial charge in [0.25, 0.3) is 5.56 Å². The number of anilines is 1. The highest BCUT2D eigenvalue weighted by Crippen LogP contribution is 2.32. The fourth-order valence-electron chi connectivity index (χ4n) is 4.39. The molecule has 1 aromatic carbocycles. The maximum atomic E-state index is 13.1. The van der Waals surface area contributed by atoms with Crippen molar-refractivity contribution in [3.8, 4) is 0 Å². The van der Waals surface area contributed by atoms with Crippen LogP contribution in [0.25, 0.3) is 11.0 Å². The maximum absolute atomic E-state index is 13.1. The Labute approximate surface area is 184 Å². The first-order valence-corrected chi connectivity index (χ1v) is 10.6. The molecule has 3 heterocycles. The van der Waals surface area contributed by atoms with Gasteiger partial charge >= 0.3 is 6.18 Å². The second-order valence-corrected chi connectivity index (χ2v) is 8.51. The summed E-state index contributed by atoms with van der Waals surface area (Å²) in [4.78, 5) is 23.9. The minimum absolute atomic E-state index is 0.0756. The molecule has 4 rings (SSSR count). The van der Waals surface area contributed by atoms with E-state index in [2.05, 4.69) is 20.2 Å². The summed E-state index contributed by atoms with van der Waals surface area (Å²) < 4.78 is 40.9. The monoisotopic (exact) mass is 445 g/mol. The molecule has 1 saturated heterocycles. The summed E-state index contributed by atoms with van der Waals surface area (Å²) in [6.07, 6.45) is -1.10. The molecule has 0 aliphatic carbocycles. The molecular weight excluding hydrogens is 419 g/mol. The highest BCUT2D eigenvalue weighted by atomic mass is 19.4. The fraction of sp³-hybridized carbons (Fsp3) is 0.435. The Hall–Kier alpha value is -2.94. The third-order valence-electron chi connectivity index (χ3n) is 6.16. The van der Waals surface area contributed by atoms with Gasteiger partial charge in [-0.3, -0.25) is 9.36 Å². The van der Waals surface area contributed by atoms with E-state index >= 15 is 0 Å². The quantitative estimate of drug-likeness (QED) is 0.648. The van der Waals surface area contributed by atoms with Crippen molar-refractivity contribution in [2.45, 2.75) is 37.9 Å². The number of piperidine rings is 1. The Balaban J connectivity index is 1.72. The van der Waals surface area contributed by atoms with Crippen LogP contribution >= 0.6 is 0 Å². The van der Waals surface area contributed by atoms with Crippen molar-refractivity contribution in [3.05, 3.63) is 63.7 Å². The standard InChI is InChI=1S/C23H26F3N5O/c1-14(15-6-4-8-17(10-15)23(24,25)26)29-20-19-11-18(16-7-5-9-30(2)12-16)22(32)31(3)21(19)28-13-27-20/h4,6,8,10-11,13-14,16H,5,7,9,12H2,1-3H3,(H,27,28,29)/t14-,16+/m1/s1. The van der Waals surface area contributed by atoms with Crippen molar-refractivity contribution in [1.29, 1.82) is 0 Å². The number of nitrogens with zero attached hydrogens (tertiary/aromatic N) is 4. The van der Waals surface area contributed by atoms with Gasteiger partial charge < -0.3 is 10.2 Å². The van der Waals surface area contributed by atoms with Gasteiger partial charge in [-0.05, 0) is 57.1 Å². The summed E-state index contributed by atoms with van der Waals surface area (Å²) in [6.45, 7) is 3.59. The molecule has 6 nitrogen and oxygen atoms in total. The average molecular weight is 445 g/mol. The van der Waals surface area contributed by atoms with Gasteiger partial charge in [-0.1, -0.05) is 12.1 Å². The van der Waals surface area contributed by atoms with E-state index in [1.54, 1.807) is 20.0 Å². The lowest BCUT2D eigenvalue weighted by atomic mass is 9.91. The highest BCUT2D eigenvalue weighted by molar-refractivity contribution is 5.87. The maximum Gasteiger partial charge on any atom is 0.416 e. The summed E-state index contributed by atoms with van der Waals surface area (Å²) in [5.74, 6) is 0.603. The normalized spacial score (nSPS) is 18.6. The molecule has 1 N–H and O–H groups in total. The van der Waals surface area contributed by atoms with Crippen LogP contribution in [0, 0.1) is 0 Å². The Morgan fingerprint density at radius 2 is 1.97 bits per heavy atom. The molecule has 1 aliphatic heterocycles. The number of likely N-dealkylation sites (tertiary alicyclic amines) is 1. The zero-order chi connectivity index (χ0) is 23.0. The number of hydrogen-bond acceptors (Lipinski definition) is 5. The number of halogens is 3. The van der Waals surface area contributed by atoms with E-state index in [0.717, 1.165) is 43.6 Å². The third-order valence-corrected chi connectivity index (χ3v) is 6.16. The first-order valence-electron chi connectivity index (χ1n) is 10.6. The van der Waals surface area contributed by atoms with Crippen molar-refractivity contribution in [3.63, 3.8) is 0 Å². The number of hydrogen-bond donors (Lipinski definition) is 1. The molecule has 1 fully saturated rings. The summed E-state index contributed by atoms with van der Waals surface area (Å²) >= 11 is 0. The summed E-state index contributed by atoms with van der Waals surface area (Å²) in [7, 11) is 3.73. The van der Waals surface area contributed by atoms with Gasteiger partial charge in [-0.25, -0.2) is 9.97 Å². The van der Waals surface area contributed by atoms with E-state index in [1.165, 1.54) is 17.0 Å². The van der Waals surface area contributed by atoms with Crippen molar-refractivity contribution in [2.24, 2.45) is 7.05 Å². The van der Waals surface area contributed by atoms with Crippen LogP contribution in [0.3, 0.4) is 0 Å². The van der Waals surface area contributed by atoms with Crippen LogP contribution in [0.1, 0.15) is 48.4 Å². The molecule has 0 spiro atoms. The predicted octanol–water partition coefficient (Wildman–Crippen LogP) is 4.33. The third kappa shape index (κ3) is 4.34. The van der Waals surface area contributed by atoms with Gasteiger partial charge in [0.1, 0.15) is 17.8 Å². The Kier molecular flexibility index (Phi) is 5.94. The summed E-state index contributed by atoms with van der Waals surface area (Å²) in [5, 5.41) is 3.90. The van der Waals surface area contributed by atoms with Crippen LogP contribution < -0.4 is 10.9 Å². The number of rotatable bonds is 4. The number of aryl methyl sites for hydroxylation is 1. The van der Waals surface area contributed by atoms with Gasteiger partial charge in [0.15, 0.2) is 0 Å². The van der Waals surface area contributed by atoms with Crippen LogP contribution in [0.5, 0.6) is 0 Å². The second-order valence-electron chi connectivity index (χ2n) is 8.51. The van der Waals surface area contributed by atoms with Crippen LogP contribution in [0.4, 0.5) is 19.0 Å². The number of nitrogens with one attached hydrogen (secondary N) is 1. The largest absolute Gasteiger partial charge is 0.416 e. The van der Waals surface area contributed by atoms with Crippen molar-refractivity contribution in [1.82, 2.24) is 19.4 Å².